The van der Waals surface area contributed by atoms with Crippen molar-refractivity contribution >= 4 is 45.5 Å². The second kappa shape index (κ2) is 6.68. The van der Waals surface area contributed by atoms with Gasteiger partial charge in [-0.3, -0.25) is 0 Å². The van der Waals surface area contributed by atoms with Gasteiger partial charge in [0, 0.05) is 21.7 Å². The van der Waals surface area contributed by atoms with Crippen molar-refractivity contribution in [2.45, 2.75) is 0 Å². The second-order valence-corrected chi connectivity index (χ2v) is 6.03. The van der Waals surface area contributed by atoms with Gasteiger partial charge < -0.3 is 16.4 Å². The van der Waals surface area contributed by atoms with Gasteiger partial charge in [0.25, 0.3) is 0 Å². The van der Waals surface area contributed by atoms with Gasteiger partial charge in [0.15, 0.2) is 5.13 Å². The minimum atomic E-state index is -0.358. The number of rotatable bonds is 3. The summed E-state index contributed by atoms with van der Waals surface area (Å²) in [4.78, 5) is 16.4. The lowest BCUT2D eigenvalue weighted by Gasteiger charge is -2.11. The second-order valence-electron chi connectivity index (χ2n) is 4.71. The number of thiazole rings is 1. The Morgan fingerprint density at radius 3 is 2.70 bits per heavy atom. The van der Waals surface area contributed by atoms with Crippen LogP contribution in [0.4, 0.5) is 21.3 Å². The number of urea groups is 1. The fraction of sp³-hybridized carbons (Fsp3) is 0. The van der Waals surface area contributed by atoms with E-state index in [9.17, 15) is 4.79 Å². The predicted molar refractivity (Wildman–Crippen MR) is 96.1 cm³/mol. The molecule has 0 radical (unpaired) electrons. The summed E-state index contributed by atoms with van der Waals surface area (Å²) in [5.74, 6) is 0. The van der Waals surface area contributed by atoms with Crippen molar-refractivity contribution in [1.82, 2.24) is 4.98 Å². The topological polar surface area (TPSA) is 80.0 Å². The lowest BCUT2D eigenvalue weighted by molar-refractivity contribution is 0.262. The lowest BCUT2D eigenvalue weighted by Crippen LogP contribution is -2.19. The number of nitrogens with two attached hydrogens (primary N) is 1. The molecule has 3 aromatic rings. The number of halogens is 1. The molecule has 0 atom stereocenters. The normalized spacial score (nSPS) is 10.3. The third-order valence-electron chi connectivity index (χ3n) is 3.06. The van der Waals surface area contributed by atoms with Gasteiger partial charge in [0.1, 0.15) is 0 Å². The number of nitrogens with zero attached hydrogens (tertiary/aromatic N) is 1. The third kappa shape index (κ3) is 3.80. The van der Waals surface area contributed by atoms with Crippen LogP contribution in [0, 0.1) is 0 Å². The number of nitrogens with one attached hydrogen (secondary N) is 2. The standard InChI is InChI=1S/C16H13ClN4OS/c17-10-4-3-5-11(8-10)19-16(22)21-13-7-2-1-6-12(13)14-9-23-15(18)20-14/h1-9H,(H2,18,20)(H2,19,21,22). The number of carbonyl (C=O) groups excluding carboxylic acids is 1. The molecule has 0 spiro atoms. The zero-order valence-corrected chi connectivity index (χ0v) is 13.5. The van der Waals surface area contributed by atoms with E-state index in [4.69, 9.17) is 17.3 Å². The van der Waals surface area contributed by atoms with Crippen LogP contribution in [0.1, 0.15) is 0 Å². The van der Waals surface area contributed by atoms with Crippen LogP contribution in [0.3, 0.4) is 0 Å². The molecule has 2 aromatic carbocycles. The first-order chi connectivity index (χ1) is 11.1. The van der Waals surface area contributed by atoms with Crippen LogP contribution in [0.5, 0.6) is 0 Å². The fourth-order valence-corrected chi connectivity index (χ4v) is 2.83. The van der Waals surface area contributed by atoms with Crippen LogP contribution >= 0.6 is 22.9 Å². The highest BCUT2D eigenvalue weighted by Crippen LogP contribution is 2.29. The van der Waals surface area contributed by atoms with E-state index < -0.39 is 0 Å². The SMILES string of the molecule is Nc1nc(-c2ccccc2NC(=O)Nc2cccc(Cl)c2)cs1. The summed E-state index contributed by atoms with van der Waals surface area (Å²) >= 11 is 7.26. The summed E-state index contributed by atoms with van der Waals surface area (Å²) < 4.78 is 0. The number of hydrogen-bond donors (Lipinski definition) is 3. The van der Waals surface area contributed by atoms with Gasteiger partial charge in [-0.2, -0.15) is 0 Å². The average molecular weight is 345 g/mol. The highest BCUT2D eigenvalue weighted by atomic mass is 35.5. The molecule has 116 valence electrons. The Morgan fingerprint density at radius 1 is 1.13 bits per heavy atom. The van der Waals surface area contributed by atoms with Crippen LogP contribution in [-0.2, 0) is 0 Å². The molecule has 0 unspecified atom stereocenters. The van der Waals surface area contributed by atoms with Crippen LogP contribution in [0.15, 0.2) is 53.9 Å². The number of benzene rings is 2. The number of hydrogen-bond acceptors (Lipinski definition) is 4. The first kappa shape index (κ1) is 15.3. The third-order valence-corrected chi connectivity index (χ3v) is 3.96. The summed E-state index contributed by atoms with van der Waals surface area (Å²) in [5, 5.41) is 8.45. The summed E-state index contributed by atoms with van der Waals surface area (Å²) in [5.41, 5.74) is 8.48. The monoisotopic (exact) mass is 344 g/mol. The first-order valence-corrected chi connectivity index (χ1v) is 8.01. The summed E-state index contributed by atoms with van der Waals surface area (Å²) in [7, 11) is 0. The average Bonchev–Trinajstić information content (AvgIpc) is 2.94. The van der Waals surface area contributed by atoms with Gasteiger partial charge >= 0.3 is 6.03 Å². The van der Waals surface area contributed by atoms with Crippen molar-refractivity contribution in [2.75, 3.05) is 16.4 Å². The smallest absolute Gasteiger partial charge is 0.323 e. The maximum absolute atomic E-state index is 12.2. The van der Waals surface area contributed by atoms with Crippen molar-refractivity contribution in [3.63, 3.8) is 0 Å². The molecule has 0 aliphatic heterocycles. The quantitative estimate of drug-likeness (QED) is 0.644. The van der Waals surface area contributed by atoms with E-state index in [0.717, 1.165) is 11.3 Å². The molecule has 0 fully saturated rings. The summed E-state index contributed by atoms with van der Waals surface area (Å²) in [6.07, 6.45) is 0. The van der Waals surface area contributed by atoms with Crippen molar-refractivity contribution < 1.29 is 4.79 Å². The van der Waals surface area contributed by atoms with E-state index in [1.165, 1.54) is 11.3 Å². The van der Waals surface area contributed by atoms with E-state index in [0.29, 0.717) is 21.5 Å². The minimum Gasteiger partial charge on any atom is -0.375 e. The van der Waals surface area contributed by atoms with Crippen molar-refractivity contribution in [2.24, 2.45) is 0 Å². The van der Waals surface area contributed by atoms with Crippen molar-refractivity contribution in [3.05, 3.63) is 58.9 Å². The Bertz CT molecular complexity index is 849. The van der Waals surface area contributed by atoms with Crippen LogP contribution < -0.4 is 16.4 Å². The van der Waals surface area contributed by atoms with E-state index in [2.05, 4.69) is 15.6 Å². The Hall–Kier alpha value is -2.57. The molecule has 2 amide bonds. The number of carbonyl (C=O) groups is 1. The fourth-order valence-electron chi connectivity index (χ4n) is 2.08. The zero-order chi connectivity index (χ0) is 16.2. The van der Waals surface area contributed by atoms with E-state index in [-0.39, 0.29) is 6.03 Å². The van der Waals surface area contributed by atoms with Crippen molar-refractivity contribution in [1.29, 1.82) is 0 Å². The molecule has 0 aliphatic rings. The van der Waals surface area contributed by atoms with E-state index >= 15 is 0 Å². The molecule has 0 saturated heterocycles. The predicted octanol–water partition coefficient (Wildman–Crippen LogP) is 4.69. The number of aromatic nitrogens is 1. The molecule has 3 rings (SSSR count). The molecule has 7 heteroatoms. The van der Waals surface area contributed by atoms with Crippen LogP contribution in [0.25, 0.3) is 11.3 Å². The molecule has 0 aliphatic carbocycles. The first-order valence-electron chi connectivity index (χ1n) is 6.76. The van der Waals surface area contributed by atoms with Gasteiger partial charge in [-0.1, -0.05) is 35.9 Å². The highest BCUT2D eigenvalue weighted by molar-refractivity contribution is 7.13. The van der Waals surface area contributed by atoms with Gasteiger partial charge in [-0.05, 0) is 24.3 Å². The number of amides is 2. The number of nitrogen functional groups attached to an aromatic ring is 1. The minimum absolute atomic E-state index is 0.358. The number of anilines is 3. The molecule has 1 heterocycles. The molecular formula is C16H13ClN4OS. The van der Waals surface area contributed by atoms with Crippen molar-refractivity contribution in [3.8, 4) is 11.3 Å². The molecule has 0 saturated carbocycles. The van der Waals surface area contributed by atoms with E-state index in [1.54, 1.807) is 24.3 Å². The maximum atomic E-state index is 12.2. The van der Waals surface area contributed by atoms with Gasteiger partial charge in [0.05, 0.1) is 11.4 Å². The van der Waals surface area contributed by atoms with Gasteiger partial charge in [-0.25, -0.2) is 9.78 Å². The number of para-hydroxylation sites is 1. The molecular weight excluding hydrogens is 332 g/mol. The van der Waals surface area contributed by atoms with Gasteiger partial charge in [-0.15, -0.1) is 11.3 Å². The lowest BCUT2D eigenvalue weighted by atomic mass is 10.1. The Kier molecular flexibility index (Phi) is 4.45. The molecule has 4 N–H and O–H groups in total. The Labute approximate surface area is 142 Å². The maximum Gasteiger partial charge on any atom is 0.323 e. The highest BCUT2D eigenvalue weighted by Gasteiger charge is 2.10. The molecule has 1 aromatic heterocycles. The molecule has 5 nitrogen and oxygen atoms in total. The summed E-state index contributed by atoms with van der Waals surface area (Å²) in [6, 6.07) is 14.0. The largest absolute Gasteiger partial charge is 0.375 e. The zero-order valence-electron chi connectivity index (χ0n) is 11.9. The van der Waals surface area contributed by atoms with Crippen LogP contribution in [-0.4, -0.2) is 11.0 Å². The molecule has 0 bridgehead atoms. The molecule has 23 heavy (non-hydrogen) atoms. The van der Waals surface area contributed by atoms with E-state index in [1.807, 2.05) is 29.6 Å². The summed E-state index contributed by atoms with van der Waals surface area (Å²) in [6.45, 7) is 0. The Morgan fingerprint density at radius 2 is 1.96 bits per heavy atom. The Balaban J connectivity index is 1.79. The van der Waals surface area contributed by atoms with Gasteiger partial charge in [0.2, 0.25) is 0 Å². The van der Waals surface area contributed by atoms with Crippen LogP contribution in [0.2, 0.25) is 5.02 Å².